The molecule has 0 saturated carbocycles. The number of carbonyl (C=O) groups excluding carboxylic acids is 1. The molecule has 1 heterocycles. The molecule has 98 valence electrons. The van der Waals surface area contributed by atoms with Gasteiger partial charge in [-0.05, 0) is 39.1 Å². The van der Waals surface area contributed by atoms with E-state index in [1.165, 1.54) is 13.0 Å². The summed E-state index contributed by atoms with van der Waals surface area (Å²) in [5.41, 5.74) is 0.958. The van der Waals surface area contributed by atoms with Gasteiger partial charge in [0, 0.05) is 25.2 Å². The number of halogens is 1. The van der Waals surface area contributed by atoms with Gasteiger partial charge in [0.25, 0.3) is 0 Å². The first-order valence-electron chi connectivity index (χ1n) is 6.32. The van der Waals surface area contributed by atoms with Crippen LogP contribution in [-0.2, 0) is 0 Å². The molecule has 0 amide bonds. The highest BCUT2D eigenvalue weighted by Gasteiger charge is 2.20. The summed E-state index contributed by atoms with van der Waals surface area (Å²) in [6.45, 7) is 4.96. The van der Waals surface area contributed by atoms with Crippen LogP contribution in [0.2, 0.25) is 0 Å². The Hall–Kier alpha value is -1.42. The maximum atomic E-state index is 14.0. The smallest absolute Gasteiger partial charge is 0.161 e. The van der Waals surface area contributed by atoms with Crippen LogP contribution in [0.15, 0.2) is 18.2 Å². The average Bonchev–Trinajstić information content (AvgIpc) is 2.53. The lowest BCUT2D eigenvalue weighted by atomic mass is 10.1. The highest BCUT2D eigenvalue weighted by molar-refractivity contribution is 5.99. The fourth-order valence-corrected chi connectivity index (χ4v) is 2.39. The largest absolute Gasteiger partial charge is 0.367 e. The maximum absolute atomic E-state index is 14.0. The number of anilines is 1. The summed E-state index contributed by atoms with van der Waals surface area (Å²) in [4.78, 5) is 15.8. The van der Waals surface area contributed by atoms with Crippen molar-refractivity contribution in [3.63, 3.8) is 0 Å². The number of benzene rings is 1. The monoisotopic (exact) mass is 250 g/mol. The van der Waals surface area contributed by atoms with Gasteiger partial charge in [-0.2, -0.15) is 0 Å². The zero-order valence-corrected chi connectivity index (χ0v) is 10.9. The number of hydrogen-bond acceptors (Lipinski definition) is 3. The van der Waals surface area contributed by atoms with Crippen molar-refractivity contribution in [3.05, 3.63) is 29.6 Å². The van der Waals surface area contributed by atoms with Gasteiger partial charge in [0.2, 0.25) is 0 Å². The molecule has 1 fully saturated rings. The normalized spacial score (nSPS) is 17.6. The second kappa shape index (κ2) is 5.48. The molecular formula is C14H19FN2O. The quantitative estimate of drug-likeness (QED) is 0.752. The fraction of sp³-hybridized carbons (Fsp3) is 0.500. The van der Waals surface area contributed by atoms with Crippen LogP contribution in [0.25, 0.3) is 0 Å². The van der Waals surface area contributed by atoms with E-state index in [0.717, 1.165) is 32.6 Å². The van der Waals surface area contributed by atoms with E-state index in [4.69, 9.17) is 0 Å². The summed E-state index contributed by atoms with van der Waals surface area (Å²) in [5, 5.41) is 0. The van der Waals surface area contributed by atoms with Gasteiger partial charge >= 0.3 is 0 Å². The molecule has 1 aliphatic rings. The van der Waals surface area contributed by atoms with Crippen molar-refractivity contribution < 1.29 is 9.18 Å². The van der Waals surface area contributed by atoms with E-state index in [-0.39, 0.29) is 11.6 Å². The number of rotatable bonds is 2. The fourth-order valence-electron chi connectivity index (χ4n) is 2.39. The summed E-state index contributed by atoms with van der Waals surface area (Å²) in [7, 11) is 2.07. The van der Waals surface area contributed by atoms with Crippen molar-refractivity contribution in [3.8, 4) is 0 Å². The molecule has 0 spiro atoms. The Bertz CT molecular complexity index is 447. The number of para-hydroxylation sites is 1. The Morgan fingerprint density at radius 3 is 2.72 bits per heavy atom. The van der Waals surface area contributed by atoms with Gasteiger partial charge in [-0.3, -0.25) is 4.79 Å². The van der Waals surface area contributed by atoms with E-state index in [9.17, 15) is 9.18 Å². The molecule has 0 aliphatic carbocycles. The minimum absolute atomic E-state index is 0.0814. The molecule has 1 aliphatic heterocycles. The van der Waals surface area contributed by atoms with Gasteiger partial charge in [-0.1, -0.05) is 6.07 Å². The van der Waals surface area contributed by atoms with Crippen LogP contribution in [0.4, 0.5) is 10.1 Å². The van der Waals surface area contributed by atoms with Crippen molar-refractivity contribution in [2.45, 2.75) is 13.3 Å². The van der Waals surface area contributed by atoms with Crippen LogP contribution in [0.1, 0.15) is 23.7 Å². The van der Waals surface area contributed by atoms with Gasteiger partial charge in [-0.15, -0.1) is 0 Å². The lowest BCUT2D eigenvalue weighted by Crippen LogP contribution is -2.30. The van der Waals surface area contributed by atoms with E-state index in [1.54, 1.807) is 12.1 Å². The van der Waals surface area contributed by atoms with Crippen LogP contribution in [0.3, 0.4) is 0 Å². The lowest BCUT2D eigenvalue weighted by molar-refractivity contribution is 0.101. The molecule has 0 N–H and O–H groups in total. The van der Waals surface area contributed by atoms with Crippen molar-refractivity contribution in [2.24, 2.45) is 0 Å². The molecule has 0 atom stereocenters. The van der Waals surface area contributed by atoms with Crippen LogP contribution in [-0.4, -0.2) is 43.9 Å². The summed E-state index contributed by atoms with van der Waals surface area (Å²) >= 11 is 0. The average molecular weight is 250 g/mol. The van der Waals surface area contributed by atoms with Crippen molar-refractivity contribution in [1.82, 2.24) is 4.90 Å². The van der Waals surface area contributed by atoms with Gasteiger partial charge in [-0.25, -0.2) is 4.39 Å². The highest BCUT2D eigenvalue weighted by Crippen LogP contribution is 2.26. The Balaban J connectivity index is 2.34. The third-order valence-electron chi connectivity index (χ3n) is 3.40. The number of Topliss-reactive ketones (excluding diaryl/α,β-unsaturated/α-hetero) is 1. The molecule has 0 unspecified atom stereocenters. The Morgan fingerprint density at radius 2 is 2.00 bits per heavy atom. The highest BCUT2D eigenvalue weighted by atomic mass is 19.1. The van der Waals surface area contributed by atoms with E-state index >= 15 is 0 Å². The minimum atomic E-state index is -0.299. The molecule has 0 radical (unpaired) electrons. The van der Waals surface area contributed by atoms with Crippen LogP contribution in [0.5, 0.6) is 0 Å². The third kappa shape index (κ3) is 2.70. The lowest BCUT2D eigenvalue weighted by Gasteiger charge is -2.25. The molecule has 0 aromatic heterocycles. The van der Waals surface area contributed by atoms with Crippen molar-refractivity contribution >= 4 is 11.5 Å². The standard InChI is InChI=1S/C14H19FN2O/c1-11(18)12-5-3-6-13(15)14(12)17-8-4-7-16(2)9-10-17/h3,5-6H,4,7-10H2,1-2H3. The number of carbonyl (C=O) groups is 1. The maximum Gasteiger partial charge on any atom is 0.161 e. The number of nitrogens with zero attached hydrogens (tertiary/aromatic N) is 2. The van der Waals surface area contributed by atoms with Gasteiger partial charge < -0.3 is 9.80 Å². The van der Waals surface area contributed by atoms with Crippen LogP contribution >= 0.6 is 0 Å². The first-order valence-corrected chi connectivity index (χ1v) is 6.32. The summed E-state index contributed by atoms with van der Waals surface area (Å²) in [6.07, 6.45) is 0.988. The van der Waals surface area contributed by atoms with Crippen molar-refractivity contribution in [1.29, 1.82) is 0 Å². The summed E-state index contributed by atoms with van der Waals surface area (Å²) in [5.74, 6) is -0.380. The molecular weight excluding hydrogens is 231 g/mol. The first kappa shape index (κ1) is 13.0. The predicted octanol–water partition coefficient (Wildman–Crippen LogP) is 2.17. The van der Waals surface area contributed by atoms with Gasteiger partial charge in [0.15, 0.2) is 5.78 Å². The molecule has 4 heteroatoms. The van der Waals surface area contributed by atoms with Crippen LogP contribution < -0.4 is 4.90 Å². The van der Waals surface area contributed by atoms with E-state index in [1.807, 2.05) is 4.90 Å². The summed E-state index contributed by atoms with van der Waals surface area (Å²) < 4.78 is 14.0. The topological polar surface area (TPSA) is 23.6 Å². The van der Waals surface area contributed by atoms with Gasteiger partial charge in [0.1, 0.15) is 5.82 Å². The molecule has 2 rings (SSSR count). The Kier molecular flexibility index (Phi) is 3.97. The summed E-state index contributed by atoms with van der Waals surface area (Å²) in [6, 6.07) is 4.73. The zero-order valence-electron chi connectivity index (χ0n) is 10.9. The second-order valence-electron chi connectivity index (χ2n) is 4.84. The molecule has 1 aromatic rings. The number of ketones is 1. The molecule has 0 bridgehead atoms. The van der Waals surface area contributed by atoms with Gasteiger partial charge in [0.05, 0.1) is 5.69 Å². The first-order chi connectivity index (χ1) is 8.59. The molecule has 1 saturated heterocycles. The SMILES string of the molecule is CC(=O)c1cccc(F)c1N1CCCN(C)CC1. The number of likely N-dealkylation sites (N-methyl/N-ethyl adjacent to an activating group) is 1. The minimum Gasteiger partial charge on any atom is -0.367 e. The number of hydrogen-bond donors (Lipinski definition) is 0. The Labute approximate surface area is 107 Å². The van der Waals surface area contributed by atoms with E-state index < -0.39 is 0 Å². The van der Waals surface area contributed by atoms with E-state index in [2.05, 4.69) is 11.9 Å². The molecule has 1 aromatic carbocycles. The molecule has 18 heavy (non-hydrogen) atoms. The van der Waals surface area contributed by atoms with Crippen molar-refractivity contribution in [2.75, 3.05) is 38.1 Å². The second-order valence-corrected chi connectivity index (χ2v) is 4.84. The van der Waals surface area contributed by atoms with Crippen LogP contribution in [0, 0.1) is 5.82 Å². The zero-order chi connectivity index (χ0) is 13.1. The molecule has 3 nitrogen and oxygen atoms in total. The predicted molar refractivity (Wildman–Crippen MR) is 70.7 cm³/mol. The Morgan fingerprint density at radius 1 is 1.22 bits per heavy atom. The third-order valence-corrected chi connectivity index (χ3v) is 3.40. The van der Waals surface area contributed by atoms with E-state index in [0.29, 0.717) is 11.3 Å².